The average molecular weight is 430 g/mol. The summed E-state index contributed by atoms with van der Waals surface area (Å²) in [4.78, 5) is 18.8. The standard InChI is InChI=1S/C20H12F2N2O3S2/c21-19(22)10-7-11(14-2-1-5-28-14)24-20-15(10)16(23)18(29-20)17(25)9-3-4-12-13(6-9)27-8-26-12/h1-7,19H,8,23H2. The third kappa shape index (κ3) is 2.93. The number of rotatable bonds is 4. The number of ether oxygens (including phenoxy) is 2. The highest BCUT2D eigenvalue weighted by molar-refractivity contribution is 7.21. The van der Waals surface area contributed by atoms with Crippen LogP contribution in [0.25, 0.3) is 20.8 Å². The molecule has 0 aliphatic carbocycles. The van der Waals surface area contributed by atoms with Gasteiger partial charge < -0.3 is 15.2 Å². The molecule has 2 N–H and O–H groups in total. The second-order valence-corrected chi connectivity index (χ2v) is 8.24. The number of thiophene rings is 2. The molecule has 1 aliphatic heterocycles. The lowest BCUT2D eigenvalue weighted by atomic mass is 10.1. The van der Waals surface area contributed by atoms with Crippen LogP contribution in [0.2, 0.25) is 0 Å². The number of nitrogens with zero attached hydrogens (tertiary/aromatic N) is 1. The summed E-state index contributed by atoms with van der Waals surface area (Å²) >= 11 is 2.42. The predicted molar refractivity (Wildman–Crippen MR) is 108 cm³/mol. The first-order valence-corrected chi connectivity index (χ1v) is 10.2. The van der Waals surface area contributed by atoms with Crippen molar-refractivity contribution in [2.24, 2.45) is 0 Å². The molecule has 0 fully saturated rings. The van der Waals surface area contributed by atoms with E-state index in [0.29, 0.717) is 27.6 Å². The van der Waals surface area contributed by atoms with Gasteiger partial charge in [-0.15, -0.1) is 22.7 Å². The van der Waals surface area contributed by atoms with Crippen molar-refractivity contribution in [2.45, 2.75) is 6.43 Å². The number of benzene rings is 1. The van der Waals surface area contributed by atoms with Crippen molar-refractivity contribution in [3.63, 3.8) is 0 Å². The molecule has 5 rings (SSSR count). The lowest BCUT2D eigenvalue weighted by molar-refractivity contribution is 0.104. The number of nitrogen functional groups attached to an aromatic ring is 1. The Morgan fingerprint density at radius 1 is 1.17 bits per heavy atom. The summed E-state index contributed by atoms with van der Waals surface area (Å²) in [6.45, 7) is 0.0885. The van der Waals surface area contributed by atoms with Gasteiger partial charge in [0.05, 0.1) is 16.3 Å². The Hall–Kier alpha value is -3.04. The van der Waals surface area contributed by atoms with Crippen molar-refractivity contribution in [2.75, 3.05) is 12.5 Å². The van der Waals surface area contributed by atoms with E-state index >= 15 is 0 Å². The van der Waals surface area contributed by atoms with Crippen molar-refractivity contribution < 1.29 is 23.0 Å². The molecule has 0 atom stereocenters. The normalized spacial score (nSPS) is 12.8. The number of fused-ring (bicyclic) bond motifs is 2. The van der Waals surface area contributed by atoms with Gasteiger partial charge in [0.2, 0.25) is 12.6 Å². The molecule has 9 heteroatoms. The summed E-state index contributed by atoms with van der Waals surface area (Å²) in [5, 5.41) is 1.98. The smallest absolute Gasteiger partial charge is 0.264 e. The molecule has 0 amide bonds. The van der Waals surface area contributed by atoms with Crippen LogP contribution in [0, 0.1) is 0 Å². The van der Waals surface area contributed by atoms with Crippen LogP contribution in [0.5, 0.6) is 11.5 Å². The number of carbonyl (C=O) groups excluding carboxylic acids is 1. The molecule has 1 aliphatic rings. The minimum atomic E-state index is -2.75. The highest BCUT2D eigenvalue weighted by Crippen LogP contribution is 2.42. The summed E-state index contributed by atoms with van der Waals surface area (Å²) in [7, 11) is 0. The van der Waals surface area contributed by atoms with Gasteiger partial charge in [-0.05, 0) is 35.7 Å². The zero-order valence-electron chi connectivity index (χ0n) is 14.6. The van der Waals surface area contributed by atoms with E-state index in [1.54, 1.807) is 18.2 Å². The lowest BCUT2D eigenvalue weighted by Gasteiger charge is -2.06. The van der Waals surface area contributed by atoms with Gasteiger partial charge in [0, 0.05) is 16.5 Å². The van der Waals surface area contributed by atoms with Crippen LogP contribution < -0.4 is 15.2 Å². The molecule has 146 valence electrons. The van der Waals surface area contributed by atoms with Crippen LogP contribution in [0.3, 0.4) is 0 Å². The maximum Gasteiger partial charge on any atom is 0.264 e. The highest BCUT2D eigenvalue weighted by atomic mass is 32.1. The Kier molecular flexibility index (Phi) is 4.21. The Morgan fingerprint density at radius 3 is 2.76 bits per heavy atom. The van der Waals surface area contributed by atoms with E-state index in [1.165, 1.54) is 17.4 Å². The van der Waals surface area contributed by atoms with Gasteiger partial charge in [0.25, 0.3) is 6.43 Å². The molecule has 0 saturated carbocycles. The first-order valence-electron chi connectivity index (χ1n) is 8.52. The van der Waals surface area contributed by atoms with Gasteiger partial charge in [-0.2, -0.15) is 0 Å². The minimum absolute atomic E-state index is 0.0215. The fourth-order valence-electron chi connectivity index (χ4n) is 3.21. The summed E-state index contributed by atoms with van der Waals surface area (Å²) in [6.07, 6.45) is -2.75. The van der Waals surface area contributed by atoms with Gasteiger partial charge in [0.1, 0.15) is 9.71 Å². The van der Waals surface area contributed by atoms with Crippen LogP contribution in [-0.4, -0.2) is 17.6 Å². The lowest BCUT2D eigenvalue weighted by Crippen LogP contribution is -2.02. The van der Waals surface area contributed by atoms with Gasteiger partial charge >= 0.3 is 0 Å². The van der Waals surface area contributed by atoms with Crippen molar-refractivity contribution in [1.82, 2.24) is 4.98 Å². The number of aromatic nitrogens is 1. The number of carbonyl (C=O) groups is 1. The molecule has 5 nitrogen and oxygen atoms in total. The minimum Gasteiger partial charge on any atom is -0.454 e. The van der Waals surface area contributed by atoms with E-state index in [9.17, 15) is 13.6 Å². The number of alkyl halides is 2. The van der Waals surface area contributed by atoms with Crippen molar-refractivity contribution in [1.29, 1.82) is 0 Å². The van der Waals surface area contributed by atoms with Gasteiger partial charge in [0.15, 0.2) is 11.5 Å². The molecule has 0 bridgehead atoms. The molecule has 4 heterocycles. The third-order valence-corrected chi connectivity index (χ3v) is 6.57. The number of ketones is 1. The Bertz CT molecular complexity index is 1250. The molecule has 0 spiro atoms. The van der Waals surface area contributed by atoms with Crippen molar-refractivity contribution in [3.8, 4) is 22.1 Å². The Morgan fingerprint density at radius 2 is 2.00 bits per heavy atom. The van der Waals surface area contributed by atoms with Gasteiger partial charge in [-0.25, -0.2) is 13.8 Å². The number of nitrogens with two attached hydrogens (primary N) is 1. The molecular formula is C20H12F2N2O3S2. The number of anilines is 1. The second kappa shape index (κ2) is 6.78. The summed E-state index contributed by atoms with van der Waals surface area (Å²) < 4.78 is 38.1. The summed E-state index contributed by atoms with van der Waals surface area (Å²) in [6, 6.07) is 9.77. The predicted octanol–water partition coefficient (Wildman–Crippen LogP) is 5.50. The van der Waals surface area contributed by atoms with E-state index < -0.39 is 6.43 Å². The molecule has 0 radical (unpaired) electrons. The number of halogens is 2. The zero-order valence-corrected chi connectivity index (χ0v) is 16.3. The molecule has 0 unspecified atom stereocenters. The van der Waals surface area contributed by atoms with Crippen molar-refractivity contribution >= 4 is 44.4 Å². The summed E-state index contributed by atoms with van der Waals surface area (Å²) in [5.74, 6) is 0.636. The SMILES string of the molecule is Nc1c(C(=O)c2ccc3c(c2)OCO3)sc2nc(-c3cccs3)cc(C(F)F)c12. The molecular weight excluding hydrogens is 418 g/mol. The highest BCUT2D eigenvalue weighted by Gasteiger charge is 2.26. The Labute approximate surface area is 171 Å². The van der Waals surface area contributed by atoms with Crippen LogP contribution >= 0.6 is 22.7 Å². The fraction of sp³-hybridized carbons (Fsp3) is 0.100. The maximum atomic E-state index is 13.8. The summed E-state index contributed by atoms with van der Waals surface area (Å²) in [5.41, 5.74) is 6.73. The third-order valence-electron chi connectivity index (χ3n) is 4.58. The quantitative estimate of drug-likeness (QED) is 0.433. The molecule has 29 heavy (non-hydrogen) atoms. The van der Waals surface area contributed by atoms with Gasteiger partial charge in [-0.3, -0.25) is 4.79 Å². The maximum absolute atomic E-state index is 13.8. The first kappa shape index (κ1) is 18.0. The van der Waals surface area contributed by atoms with Crippen LogP contribution in [0.1, 0.15) is 27.2 Å². The number of hydrogen-bond donors (Lipinski definition) is 1. The molecule has 0 saturated heterocycles. The number of pyridine rings is 1. The topological polar surface area (TPSA) is 74.4 Å². The van der Waals surface area contributed by atoms with Gasteiger partial charge in [-0.1, -0.05) is 6.07 Å². The van der Waals surface area contributed by atoms with E-state index in [2.05, 4.69) is 4.98 Å². The largest absolute Gasteiger partial charge is 0.454 e. The average Bonchev–Trinajstić information content (AvgIpc) is 3.46. The first-order chi connectivity index (χ1) is 14.0. The van der Waals surface area contributed by atoms with Crippen molar-refractivity contribution in [3.05, 3.63) is 57.8 Å². The van der Waals surface area contributed by atoms with Crippen LogP contribution in [-0.2, 0) is 0 Å². The fourth-order valence-corrected chi connectivity index (χ4v) is 4.99. The van der Waals surface area contributed by atoms with E-state index in [4.69, 9.17) is 15.2 Å². The van der Waals surface area contributed by atoms with Crippen LogP contribution in [0.4, 0.5) is 14.5 Å². The van der Waals surface area contributed by atoms with E-state index in [1.807, 2.05) is 17.5 Å². The van der Waals surface area contributed by atoms with E-state index in [-0.39, 0.29) is 34.1 Å². The number of hydrogen-bond acceptors (Lipinski definition) is 7. The van der Waals surface area contributed by atoms with E-state index in [0.717, 1.165) is 16.2 Å². The molecule has 4 aromatic rings. The monoisotopic (exact) mass is 430 g/mol. The second-order valence-electron chi connectivity index (χ2n) is 6.30. The molecule has 1 aromatic carbocycles. The zero-order chi connectivity index (χ0) is 20.1. The van der Waals surface area contributed by atoms with Crippen LogP contribution in [0.15, 0.2) is 41.8 Å². The Balaban J connectivity index is 1.66. The molecule has 3 aromatic heterocycles.